The molecule has 258 valence electrons. The Morgan fingerprint density at radius 3 is 1.81 bits per heavy atom. The van der Waals surface area contributed by atoms with Gasteiger partial charge in [0.25, 0.3) is 11.8 Å². The van der Waals surface area contributed by atoms with Gasteiger partial charge in [0.15, 0.2) is 0 Å². The van der Waals surface area contributed by atoms with Crippen LogP contribution in [-0.4, -0.2) is 23.6 Å². The van der Waals surface area contributed by atoms with Gasteiger partial charge >= 0.3 is 0 Å². The van der Waals surface area contributed by atoms with E-state index in [-0.39, 0.29) is 17.5 Å². The van der Waals surface area contributed by atoms with Crippen molar-refractivity contribution < 1.29 is 23.6 Å². The van der Waals surface area contributed by atoms with Crippen LogP contribution in [0, 0.1) is 0 Å². The molecule has 4 N–H and O–H groups in total. The molecule has 0 spiro atoms. The number of hydrogen-bond acceptors (Lipinski definition) is 6. The lowest BCUT2D eigenvalue weighted by atomic mass is 10.1. The van der Waals surface area contributed by atoms with Crippen molar-refractivity contribution in [1.29, 1.82) is 0 Å². The molecule has 0 aliphatic rings. The smallest absolute Gasteiger partial charge is 0.272 e. The third-order valence-corrected chi connectivity index (χ3v) is 8.95. The van der Waals surface area contributed by atoms with Crippen molar-refractivity contribution in [2.45, 2.75) is 17.1 Å². The Bertz CT molecular complexity index is 2190. The zero-order valence-electron chi connectivity index (χ0n) is 28.0. The molecule has 1 aromatic heterocycles. The van der Waals surface area contributed by atoms with Crippen molar-refractivity contribution in [3.05, 3.63) is 174 Å². The van der Waals surface area contributed by atoms with Gasteiger partial charge in [0.2, 0.25) is 11.8 Å². The zero-order chi connectivity index (χ0) is 36.3. The van der Waals surface area contributed by atoms with E-state index in [2.05, 4.69) is 21.3 Å². The minimum atomic E-state index is -0.589. The van der Waals surface area contributed by atoms with Gasteiger partial charge < -0.3 is 25.7 Å². The molecule has 5 aromatic carbocycles. The van der Waals surface area contributed by atoms with Crippen LogP contribution in [0.1, 0.15) is 33.9 Å². The number of carbonyl (C=O) groups is 4. The molecule has 0 saturated carbocycles. The first-order valence-electron chi connectivity index (χ1n) is 16.4. The van der Waals surface area contributed by atoms with E-state index in [1.54, 1.807) is 78.9 Å². The summed E-state index contributed by atoms with van der Waals surface area (Å²) < 4.78 is 5.99. The average Bonchev–Trinajstić information content (AvgIpc) is 3.64. The number of carbonyl (C=O) groups excluding carboxylic acids is 4. The lowest BCUT2D eigenvalue weighted by Gasteiger charge is -2.18. The quantitative estimate of drug-likeness (QED) is 0.0744. The van der Waals surface area contributed by atoms with E-state index in [9.17, 15) is 19.2 Å². The number of furan rings is 1. The number of hydrogen-bond donors (Lipinski definition) is 4. The van der Waals surface area contributed by atoms with Crippen LogP contribution in [0.4, 0.5) is 17.1 Å². The largest absolute Gasteiger partial charge is 0.457 e. The molecular formula is C42H34N4O5S. The van der Waals surface area contributed by atoms with Crippen LogP contribution in [0.5, 0.6) is 0 Å². The Hall–Kier alpha value is -6.65. The van der Waals surface area contributed by atoms with Crippen LogP contribution in [0.15, 0.2) is 167 Å². The van der Waals surface area contributed by atoms with Gasteiger partial charge in [-0.1, -0.05) is 78.9 Å². The summed E-state index contributed by atoms with van der Waals surface area (Å²) in [7, 11) is 0. The highest BCUT2D eigenvalue weighted by Crippen LogP contribution is 2.37. The Morgan fingerprint density at radius 2 is 1.17 bits per heavy atom. The molecule has 4 amide bonds. The number of anilines is 3. The second-order valence-corrected chi connectivity index (χ2v) is 12.8. The maximum atomic E-state index is 13.6. The first-order valence-corrected chi connectivity index (χ1v) is 17.2. The summed E-state index contributed by atoms with van der Waals surface area (Å²) in [5, 5.41) is 10.7. The molecule has 1 unspecified atom stereocenters. The van der Waals surface area contributed by atoms with Gasteiger partial charge in [0, 0.05) is 46.1 Å². The SMILES string of the molecule is CC(=O)Nc1ccc(NC(=O)C(Sc2ccc(NC(=O)/C(=C\c3ccc(-c4ccccc4)o3)NC(=O)c3ccccc3)cc2)c2ccccc2)cc1. The van der Waals surface area contributed by atoms with Gasteiger partial charge in [0.1, 0.15) is 22.5 Å². The normalized spacial score (nSPS) is 11.6. The second kappa shape index (κ2) is 16.8. The highest BCUT2D eigenvalue weighted by Gasteiger charge is 2.23. The molecule has 9 nitrogen and oxygen atoms in total. The van der Waals surface area contributed by atoms with Crippen LogP contribution in [0.2, 0.25) is 0 Å². The number of rotatable bonds is 12. The summed E-state index contributed by atoms with van der Waals surface area (Å²) in [6.45, 7) is 1.43. The van der Waals surface area contributed by atoms with E-state index in [1.165, 1.54) is 24.8 Å². The third-order valence-electron chi connectivity index (χ3n) is 7.68. The Morgan fingerprint density at radius 1 is 0.615 bits per heavy atom. The predicted molar refractivity (Wildman–Crippen MR) is 206 cm³/mol. The van der Waals surface area contributed by atoms with E-state index in [0.29, 0.717) is 34.1 Å². The molecule has 6 rings (SSSR count). The summed E-state index contributed by atoms with van der Waals surface area (Å²) in [5.41, 5.74) is 3.79. The molecule has 0 bridgehead atoms. The minimum absolute atomic E-state index is 0.00723. The van der Waals surface area contributed by atoms with E-state index in [1.807, 2.05) is 72.8 Å². The highest BCUT2D eigenvalue weighted by molar-refractivity contribution is 8.00. The lowest BCUT2D eigenvalue weighted by Crippen LogP contribution is -2.30. The van der Waals surface area contributed by atoms with Crippen LogP contribution >= 0.6 is 11.8 Å². The fraction of sp³-hybridized carbons (Fsp3) is 0.0476. The average molecular weight is 707 g/mol. The van der Waals surface area contributed by atoms with E-state index in [4.69, 9.17) is 4.42 Å². The lowest BCUT2D eigenvalue weighted by molar-refractivity contribution is -0.116. The number of benzene rings is 5. The van der Waals surface area contributed by atoms with Crippen LogP contribution < -0.4 is 21.3 Å². The molecule has 0 aliphatic heterocycles. The Balaban J connectivity index is 1.18. The van der Waals surface area contributed by atoms with E-state index in [0.717, 1.165) is 16.0 Å². The Kier molecular flexibility index (Phi) is 11.4. The first-order chi connectivity index (χ1) is 25.3. The third kappa shape index (κ3) is 9.52. The van der Waals surface area contributed by atoms with Gasteiger partial charge in [-0.15, -0.1) is 11.8 Å². The van der Waals surface area contributed by atoms with Crippen LogP contribution in [0.25, 0.3) is 17.4 Å². The zero-order valence-corrected chi connectivity index (χ0v) is 28.9. The predicted octanol–water partition coefficient (Wildman–Crippen LogP) is 8.79. The van der Waals surface area contributed by atoms with Crippen molar-refractivity contribution in [2.75, 3.05) is 16.0 Å². The fourth-order valence-electron chi connectivity index (χ4n) is 5.17. The monoisotopic (exact) mass is 706 g/mol. The fourth-order valence-corrected chi connectivity index (χ4v) is 6.20. The molecule has 52 heavy (non-hydrogen) atoms. The van der Waals surface area contributed by atoms with Crippen LogP contribution in [0.3, 0.4) is 0 Å². The van der Waals surface area contributed by atoms with Gasteiger partial charge in [-0.3, -0.25) is 19.2 Å². The van der Waals surface area contributed by atoms with Gasteiger partial charge in [-0.2, -0.15) is 0 Å². The van der Waals surface area contributed by atoms with Crippen molar-refractivity contribution in [3.8, 4) is 11.3 Å². The van der Waals surface area contributed by atoms with Crippen molar-refractivity contribution in [3.63, 3.8) is 0 Å². The second-order valence-electron chi connectivity index (χ2n) is 11.6. The molecule has 1 heterocycles. The van der Waals surface area contributed by atoms with E-state index < -0.39 is 17.1 Å². The molecule has 1 atom stereocenters. The molecule has 0 radical (unpaired) electrons. The van der Waals surface area contributed by atoms with E-state index >= 15 is 0 Å². The topological polar surface area (TPSA) is 130 Å². The molecular weight excluding hydrogens is 673 g/mol. The summed E-state index contributed by atoms with van der Waals surface area (Å²) in [6.07, 6.45) is 1.49. The molecule has 0 saturated heterocycles. The van der Waals surface area contributed by atoms with Crippen molar-refractivity contribution >= 4 is 58.5 Å². The van der Waals surface area contributed by atoms with Crippen molar-refractivity contribution in [1.82, 2.24) is 5.32 Å². The standard InChI is InChI=1S/C42H34N4O5S/c1-28(47)43-32-17-19-33(20-18-32)45-42(50)39(30-13-7-3-8-14-30)52-36-24-21-34(22-25-36)44-41(49)37(46-40(48)31-15-9-4-10-16-31)27-35-23-26-38(51-35)29-11-5-2-6-12-29/h2-27,39H,1H3,(H,43,47)(H,44,49)(H,45,50)(H,46,48)/b37-27+. The summed E-state index contributed by atoms with van der Waals surface area (Å²) in [6, 6.07) is 45.2. The van der Waals surface area contributed by atoms with Gasteiger partial charge in [-0.05, 0) is 78.4 Å². The maximum Gasteiger partial charge on any atom is 0.272 e. The van der Waals surface area contributed by atoms with Gasteiger partial charge in [-0.25, -0.2) is 0 Å². The highest BCUT2D eigenvalue weighted by atomic mass is 32.2. The Labute approximate surface area is 305 Å². The molecule has 0 fully saturated rings. The number of thioether (sulfide) groups is 1. The van der Waals surface area contributed by atoms with Crippen molar-refractivity contribution in [2.24, 2.45) is 0 Å². The molecule has 6 aromatic rings. The summed E-state index contributed by atoms with van der Waals surface area (Å²) in [5.74, 6) is -0.389. The van der Waals surface area contributed by atoms with Crippen LogP contribution in [-0.2, 0) is 14.4 Å². The van der Waals surface area contributed by atoms with Gasteiger partial charge in [0.05, 0.1) is 0 Å². The minimum Gasteiger partial charge on any atom is -0.457 e. The first kappa shape index (κ1) is 35.2. The summed E-state index contributed by atoms with van der Waals surface area (Å²) >= 11 is 1.36. The maximum absolute atomic E-state index is 13.6. The summed E-state index contributed by atoms with van der Waals surface area (Å²) in [4.78, 5) is 52.5. The molecule has 10 heteroatoms. The number of amides is 4. The number of nitrogens with one attached hydrogen (secondary N) is 4. The molecule has 0 aliphatic carbocycles.